The topological polar surface area (TPSA) is 127 Å². The van der Waals surface area contributed by atoms with Gasteiger partial charge in [0.1, 0.15) is 0 Å². The fraction of sp³-hybridized carbons (Fsp3) is 0.364. The molecule has 0 aliphatic rings. The van der Waals surface area contributed by atoms with Crippen LogP contribution < -0.4 is 4.72 Å². The van der Waals surface area contributed by atoms with Gasteiger partial charge in [-0.3, -0.25) is 14.9 Å². The predicted octanol–water partition coefficient (Wildman–Crippen LogP) is 1.05. The Morgan fingerprint density at radius 2 is 2.10 bits per heavy atom. The van der Waals surface area contributed by atoms with E-state index in [1.54, 1.807) is 0 Å². The number of nitro benzene ring substituents is 1. The molecule has 0 fully saturated rings. The SMILES string of the molecule is Cc1cc(S(=O)(=O)NCCCC(=O)O)ccc1[N+](=O)[O-]. The minimum atomic E-state index is -3.79. The number of nitro groups is 1. The molecule has 0 bridgehead atoms. The van der Waals surface area contributed by atoms with Gasteiger partial charge in [-0.05, 0) is 25.5 Å². The molecule has 2 N–H and O–H groups in total. The lowest BCUT2D eigenvalue weighted by atomic mass is 10.2. The first-order valence-electron chi connectivity index (χ1n) is 5.70. The molecule has 0 spiro atoms. The van der Waals surface area contributed by atoms with Crippen LogP contribution in [0.25, 0.3) is 0 Å². The van der Waals surface area contributed by atoms with Gasteiger partial charge in [0, 0.05) is 24.6 Å². The maximum absolute atomic E-state index is 11.9. The molecule has 20 heavy (non-hydrogen) atoms. The summed E-state index contributed by atoms with van der Waals surface area (Å²) in [6.45, 7) is 1.44. The first-order valence-corrected chi connectivity index (χ1v) is 7.19. The van der Waals surface area contributed by atoms with Gasteiger partial charge in [-0.2, -0.15) is 0 Å². The van der Waals surface area contributed by atoms with Gasteiger partial charge in [-0.15, -0.1) is 0 Å². The number of aliphatic carboxylic acids is 1. The molecule has 9 heteroatoms. The third kappa shape index (κ3) is 4.28. The van der Waals surface area contributed by atoms with E-state index in [1.165, 1.54) is 13.0 Å². The third-order valence-corrected chi connectivity index (χ3v) is 3.99. The average Bonchev–Trinajstić information content (AvgIpc) is 2.34. The molecule has 0 aromatic heterocycles. The van der Waals surface area contributed by atoms with Crippen LogP contribution in [0.3, 0.4) is 0 Å². The minimum Gasteiger partial charge on any atom is -0.481 e. The van der Waals surface area contributed by atoms with Crippen LogP contribution in [0, 0.1) is 17.0 Å². The van der Waals surface area contributed by atoms with Gasteiger partial charge in [-0.25, -0.2) is 13.1 Å². The van der Waals surface area contributed by atoms with E-state index >= 15 is 0 Å². The molecular weight excluding hydrogens is 288 g/mol. The van der Waals surface area contributed by atoms with Crippen LogP contribution in [0.2, 0.25) is 0 Å². The maximum Gasteiger partial charge on any atom is 0.303 e. The average molecular weight is 302 g/mol. The Hall–Kier alpha value is -2.00. The lowest BCUT2D eigenvalue weighted by Crippen LogP contribution is -2.25. The van der Waals surface area contributed by atoms with Gasteiger partial charge < -0.3 is 5.11 Å². The zero-order valence-corrected chi connectivity index (χ0v) is 11.5. The van der Waals surface area contributed by atoms with Crippen molar-refractivity contribution < 1.29 is 23.2 Å². The molecule has 0 unspecified atom stereocenters. The van der Waals surface area contributed by atoms with E-state index in [4.69, 9.17) is 5.11 Å². The summed E-state index contributed by atoms with van der Waals surface area (Å²) in [5.41, 5.74) is 0.0817. The summed E-state index contributed by atoms with van der Waals surface area (Å²) in [7, 11) is -3.79. The molecule has 8 nitrogen and oxygen atoms in total. The van der Waals surface area contributed by atoms with E-state index in [9.17, 15) is 23.3 Å². The lowest BCUT2D eigenvalue weighted by Gasteiger charge is -2.07. The Kier molecular flexibility index (Phi) is 5.17. The maximum atomic E-state index is 11.9. The van der Waals surface area contributed by atoms with Crippen molar-refractivity contribution in [1.82, 2.24) is 4.72 Å². The molecule has 110 valence electrons. The number of carboxylic acid groups (broad SMARTS) is 1. The summed E-state index contributed by atoms with van der Waals surface area (Å²) in [6, 6.07) is 3.48. The fourth-order valence-electron chi connectivity index (χ4n) is 1.53. The van der Waals surface area contributed by atoms with Crippen molar-refractivity contribution in [2.45, 2.75) is 24.7 Å². The highest BCUT2D eigenvalue weighted by Crippen LogP contribution is 2.21. The largest absolute Gasteiger partial charge is 0.481 e. The van der Waals surface area contributed by atoms with Crippen LogP contribution in [-0.4, -0.2) is 31.0 Å². The number of rotatable bonds is 7. The summed E-state index contributed by atoms with van der Waals surface area (Å²) in [5, 5.41) is 19.1. The number of carbonyl (C=O) groups is 1. The Balaban J connectivity index is 2.80. The number of aryl methyl sites for hydroxylation is 1. The first kappa shape index (κ1) is 16.1. The van der Waals surface area contributed by atoms with Crippen molar-refractivity contribution in [2.24, 2.45) is 0 Å². The van der Waals surface area contributed by atoms with Crippen molar-refractivity contribution in [3.05, 3.63) is 33.9 Å². The molecule has 1 aromatic carbocycles. The van der Waals surface area contributed by atoms with Gasteiger partial charge >= 0.3 is 5.97 Å². The summed E-state index contributed by atoms with van der Waals surface area (Å²) in [4.78, 5) is 20.3. The van der Waals surface area contributed by atoms with E-state index < -0.39 is 20.9 Å². The Morgan fingerprint density at radius 3 is 2.60 bits per heavy atom. The summed E-state index contributed by atoms with van der Waals surface area (Å²) < 4.78 is 26.0. The highest BCUT2D eigenvalue weighted by Gasteiger charge is 2.18. The molecule has 0 atom stereocenters. The number of nitrogens with one attached hydrogen (secondary N) is 1. The van der Waals surface area contributed by atoms with E-state index in [-0.39, 0.29) is 35.5 Å². The molecule has 0 heterocycles. The Bertz CT molecular complexity index is 626. The monoisotopic (exact) mass is 302 g/mol. The number of benzene rings is 1. The van der Waals surface area contributed by atoms with Crippen molar-refractivity contribution >= 4 is 21.7 Å². The zero-order chi connectivity index (χ0) is 15.3. The smallest absolute Gasteiger partial charge is 0.303 e. The molecule has 1 rings (SSSR count). The van der Waals surface area contributed by atoms with Crippen molar-refractivity contribution in [3.8, 4) is 0 Å². The highest BCUT2D eigenvalue weighted by molar-refractivity contribution is 7.89. The first-order chi connectivity index (χ1) is 9.24. The van der Waals surface area contributed by atoms with Gasteiger partial charge in [0.25, 0.3) is 5.69 Å². The second kappa shape index (κ2) is 6.44. The fourth-order valence-corrected chi connectivity index (χ4v) is 2.69. The molecule has 0 saturated carbocycles. The Labute approximate surface area is 115 Å². The highest BCUT2D eigenvalue weighted by atomic mass is 32.2. The molecule has 0 radical (unpaired) electrons. The van der Waals surface area contributed by atoms with Crippen molar-refractivity contribution in [3.63, 3.8) is 0 Å². The lowest BCUT2D eigenvalue weighted by molar-refractivity contribution is -0.385. The molecular formula is C11H14N2O6S. The van der Waals surface area contributed by atoms with Gasteiger partial charge in [0.2, 0.25) is 10.0 Å². The molecule has 0 amide bonds. The summed E-state index contributed by atoms with van der Waals surface area (Å²) in [6.07, 6.45) is 0.0301. The third-order valence-electron chi connectivity index (χ3n) is 2.53. The van der Waals surface area contributed by atoms with Gasteiger partial charge in [-0.1, -0.05) is 0 Å². The van der Waals surface area contributed by atoms with E-state index in [0.717, 1.165) is 12.1 Å². The van der Waals surface area contributed by atoms with Gasteiger partial charge in [0.05, 0.1) is 9.82 Å². The quantitative estimate of drug-likeness (QED) is 0.440. The van der Waals surface area contributed by atoms with E-state index in [0.29, 0.717) is 0 Å². The molecule has 0 saturated heterocycles. The minimum absolute atomic E-state index is 0.00926. The number of sulfonamides is 1. The van der Waals surface area contributed by atoms with Crippen molar-refractivity contribution in [2.75, 3.05) is 6.54 Å². The molecule has 1 aromatic rings. The standard InChI is InChI=1S/C11H14N2O6S/c1-8-7-9(4-5-10(8)13(16)17)20(18,19)12-6-2-3-11(14)15/h4-5,7,12H,2-3,6H2,1H3,(H,14,15). The second-order valence-electron chi connectivity index (χ2n) is 4.10. The van der Waals surface area contributed by atoms with E-state index in [2.05, 4.69) is 4.72 Å². The summed E-state index contributed by atoms with van der Waals surface area (Å²) >= 11 is 0. The zero-order valence-electron chi connectivity index (χ0n) is 10.7. The predicted molar refractivity (Wildman–Crippen MR) is 69.9 cm³/mol. The number of carboxylic acids is 1. The van der Waals surface area contributed by atoms with Gasteiger partial charge in [0.15, 0.2) is 0 Å². The van der Waals surface area contributed by atoms with Crippen molar-refractivity contribution in [1.29, 1.82) is 0 Å². The normalized spacial score (nSPS) is 11.2. The Morgan fingerprint density at radius 1 is 1.45 bits per heavy atom. The second-order valence-corrected chi connectivity index (χ2v) is 5.87. The van der Waals surface area contributed by atoms with Crippen LogP contribution in [0.1, 0.15) is 18.4 Å². The van der Waals surface area contributed by atoms with Crippen LogP contribution in [0.4, 0.5) is 5.69 Å². The van der Waals surface area contributed by atoms with Crippen LogP contribution in [0.5, 0.6) is 0 Å². The van der Waals surface area contributed by atoms with Crippen LogP contribution in [0.15, 0.2) is 23.1 Å². The number of hydrogen-bond donors (Lipinski definition) is 2. The van der Waals surface area contributed by atoms with E-state index in [1.807, 2.05) is 0 Å². The van der Waals surface area contributed by atoms with Crippen LogP contribution in [-0.2, 0) is 14.8 Å². The molecule has 0 aliphatic heterocycles. The summed E-state index contributed by atoms with van der Waals surface area (Å²) in [5.74, 6) is -1.00. The number of nitrogens with zero attached hydrogens (tertiary/aromatic N) is 1. The number of hydrogen-bond acceptors (Lipinski definition) is 5. The molecule has 0 aliphatic carbocycles. The van der Waals surface area contributed by atoms with Crippen LogP contribution >= 0.6 is 0 Å².